The molecule has 17 heavy (non-hydrogen) atoms. The maximum absolute atomic E-state index is 12.5. The molecule has 1 amide bonds. The number of hydrogen-bond acceptors (Lipinski definition) is 2. The Labute approximate surface area is 105 Å². The van der Waals surface area contributed by atoms with Crippen molar-refractivity contribution in [1.29, 1.82) is 0 Å². The molecular weight excluding hydrogens is 212 g/mol. The van der Waals surface area contributed by atoms with Gasteiger partial charge in [-0.05, 0) is 44.2 Å². The van der Waals surface area contributed by atoms with Gasteiger partial charge in [0.2, 0.25) is 5.91 Å². The van der Waals surface area contributed by atoms with Gasteiger partial charge in [0.1, 0.15) is 0 Å². The van der Waals surface area contributed by atoms with Crippen LogP contribution in [-0.4, -0.2) is 36.5 Å². The van der Waals surface area contributed by atoms with Gasteiger partial charge >= 0.3 is 0 Å². The first-order chi connectivity index (χ1) is 8.09. The molecule has 3 nitrogen and oxygen atoms in total. The van der Waals surface area contributed by atoms with E-state index in [0.29, 0.717) is 23.8 Å². The van der Waals surface area contributed by atoms with Gasteiger partial charge in [0.25, 0.3) is 0 Å². The van der Waals surface area contributed by atoms with Crippen LogP contribution < -0.4 is 5.32 Å². The molecule has 0 aromatic rings. The fourth-order valence-corrected chi connectivity index (χ4v) is 3.04. The van der Waals surface area contributed by atoms with Gasteiger partial charge in [0.05, 0.1) is 0 Å². The van der Waals surface area contributed by atoms with Crippen molar-refractivity contribution in [1.82, 2.24) is 10.2 Å². The highest BCUT2D eigenvalue weighted by atomic mass is 16.2. The summed E-state index contributed by atoms with van der Waals surface area (Å²) < 4.78 is 0. The highest BCUT2D eigenvalue weighted by molar-refractivity contribution is 5.79. The summed E-state index contributed by atoms with van der Waals surface area (Å²) in [5, 5.41) is 3.26. The molecular formula is C14H26N2O. The van der Waals surface area contributed by atoms with Crippen molar-refractivity contribution in [3.05, 3.63) is 0 Å². The standard InChI is InChI=1S/C14H26N2O/c1-10(2)7-13-5-4-6-16(13)14(17)11(3)12-8-15-9-12/h10-13,15H,4-9H2,1-3H3. The minimum atomic E-state index is 0.212. The Bertz CT molecular complexity index is 273. The van der Waals surface area contributed by atoms with Crippen molar-refractivity contribution in [2.45, 2.75) is 46.1 Å². The van der Waals surface area contributed by atoms with Crippen LogP contribution in [0.1, 0.15) is 40.0 Å². The van der Waals surface area contributed by atoms with Gasteiger partial charge < -0.3 is 10.2 Å². The third-order valence-corrected chi connectivity index (χ3v) is 4.31. The van der Waals surface area contributed by atoms with Crippen LogP contribution in [0.2, 0.25) is 0 Å². The second kappa shape index (κ2) is 5.38. The van der Waals surface area contributed by atoms with Crippen LogP contribution in [0.15, 0.2) is 0 Å². The van der Waals surface area contributed by atoms with E-state index in [2.05, 4.69) is 31.0 Å². The number of carbonyl (C=O) groups is 1. The molecule has 3 heteroatoms. The SMILES string of the molecule is CC(C)CC1CCCN1C(=O)C(C)C1CNC1. The lowest BCUT2D eigenvalue weighted by Gasteiger charge is -2.36. The van der Waals surface area contributed by atoms with Gasteiger partial charge in [-0.2, -0.15) is 0 Å². The Balaban J connectivity index is 1.92. The number of nitrogens with one attached hydrogen (secondary N) is 1. The molecule has 2 fully saturated rings. The minimum Gasteiger partial charge on any atom is -0.339 e. The third-order valence-electron chi connectivity index (χ3n) is 4.31. The maximum Gasteiger partial charge on any atom is 0.226 e. The van der Waals surface area contributed by atoms with E-state index in [9.17, 15) is 4.79 Å². The summed E-state index contributed by atoms with van der Waals surface area (Å²) in [5.41, 5.74) is 0. The molecule has 2 rings (SSSR count). The summed E-state index contributed by atoms with van der Waals surface area (Å²) >= 11 is 0. The van der Waals surface area contributed by atoms with Gasteiger partial charge in [-0.15, -0.1) is 0 Å². The minimum absolute atomic E-state index is 0.212. The average molecular weight is 238 g/mol. The summed E-state index contributed by atoms with van der Waals surface area (Å²) in [7, 11) is 0. The number of carbonyl (C=O) groups excluding carboxylic acids is 1. The Morgan fingerprint density at radius 1 is 1.35 bits per heavy atom. The summed E-state index contributed by atoms with van der Waals surface area (Å²) in [4.78, 5) is 14.6. The largest absolute Gasteiger partial charge is 0.339 e. The number of hydrogen-bond donors (Lipinski definition) is 1. The topological polar surface area (TPSA) is 32.3 Å². The average Bonchev–Trinajstić information content (AvgIpc) is 2.60. The third kappa shape index (κ3) is 2.82. The fraction of sp³-hybridized carbons (Fsp3) is 0.929. The fourth-order valence-electron chi connectivity index (χ4n) is 3.04. The Morgan fingerprint density at radius 3 is 2.59 bits per heavy atom. The zero-order chi connectivity index (χ0) is 12.4. The first-order valence-electron chi connectivity index (χ1n) is 7.10. The van der Waals surface area contributed by atoms with Crippen molar-refractivity contribution in [2.75, 3.05) is 19.6 Å². The van der Waals surface area contributed by atoms with E-state index in [4.69, 9.17) is 0 Å². The maximum atomic E-state index is 12.5. The molecule has 2 aliphatic heterocycles. The smallest absolute Gasteiger partial charge is 0.226 e. The van der Waals surface area contributed by atoms with Crippen molar-refractivity contribution in [3.63, 3.8) is 0 Å². The lowest BCUT2D eigenvalue weighted by molar-refractivity contribution is -0.138. The van der Waals surface area contributed by atoms with Crippen molar-refractivity contribution >= 4 is 5.91 Å². The van der Waals surface area contributed by atoms with E-state index in [0.717, 1.165) is 19.6 Å². The highest BCUT2D eigenvalue weighted by Crippen LogP contribution is 2.27. The van der Waals surface area contributed by atoms with E-state index in [1.165, 1.54) is 19.3 Å². The summed E-state index contributed by atoms with van der Waals surface area (Å²) in [6.07, 6.45) is 3.57. The molecule has 0 bridgehead atoms. The van der Waals surface area contributed by atoms with E-state index < -0.39 is 0 Å². The van der Waals surface area contributed by atoms with Gasteiger partial charge in [-0.25, -0.2) is 0 Å². The van der Waals surface area contributed by atoms with Crippen molar-refractivity contribution < 1.29 is 4.79 Å². The Hall–Kier alpha value is -0.570. The Kier molecular flexibility index (Phi) is 4.08. The number of likely N-dealkylation sites (tertiary alicyclic amines) is 1. The van der Waals surface area contributed by atoms with Gasteiger partial charge in [0.15, 0.2) is 0 Å². The number of nitrogens with zero attached hydrogens (tertiary/aromatic N) is 1. The van der Waals surface area contributed by atoms with Gasteiger partial charge in [-0.3, -0.25) is 4.79 Å². The van der Waals surface area contributed by atoms with Crippen LogP contribution in [0.25, 0.3) is 0 Å². The van der Waals surface area contributed by atoms with Gasteiger partial charge in [0, 0.05) is 18.5 Å². The van der Waals surface area contributed by atoms with Crippen LogP contribution in [0.3, 0.4) is 0 Å². The molecule has 2 saturated heterocycles. The molecule has 1 N–H and O–H groups in total. The molecule has 0 aliphatic carbocycles. The van der Waals surface area contributed by atoms with E-state index in [-0.39, 0.29) is 5.92 Å². The van der Waals surface area contributed by atoms with Crippen LogP contribution >= 0.6 is 0 Å². The second-order valence-electron chi connectivity index (χ2n) is 6.16. The normalized spacial score (nSPS) is 27.3. The summed E-state index contributed by atoms with van der Waals surface area (Å²) in [6, 6.07) is 0.512. The molecule has 98 valence electrons. The number of amides is 1. The quantitative estimate of drug-likeness (QED) is 0.811. The van der Waals surface area contributed by atoms with E-state index in [1.807, 2.05) is 0 Å². The van der Waals surface area contributed by atoms with Crippen molar-refractivity contribution in [3.8, 4) is 0 Å². The zero-order valence-electron chi connectivity index (χ0n) is 11.4. The molecule has 2 heterocycles. The predicted molar refractivity (Wildman–Crippen MR) is 69.7 cm³/mol. The van der Waals surface area contributed by atoms with Crippen molar-refractivity contribution in [2.24, 2.45) is 17.8 Å². The lowest BCUT2D eigenvalue weighted by Crippen LogP contribution is -2.51. The predicted octanol–water partition coefficient (Wildman–Crippen LogP) is 1.88. The molecule has 2 aliphatic rings. The first-order valence-corrected chi connectivity index (χ1v) is 7.10. The first kappa shape index (κ1) is 12.9. The van der Waals surface area contributed by atoms with E-state index in [1.54, 1.807) is 0 Å². The summed E-state index contributed by atoms with van der Waals surface area (Å²) in [5.74, 6) is 1.88. The van der Waals surface area contributed by atoms with Crippen LogP contribution in [-0.2, 0) is 4.79 Å². The Morgan fingerprint density at radius 2 is 2.06 bits per heavy atom. The van der Waals surface area contributed by atoms with Crippen LogP contribution in [0.5, 0.6) is 0 Å². The van der Waals surface area contributed by atoms with Gasteiger partial charge in [-0.1, -0.05) is 20.8 Å². The van der Waals surface area contributed by atoms with E-state index >= 15 is 0 Å². The molecule has 0 spiro atoms. The second-order valence-corrected chi connectivity index (χ2v) is 6.16. The zero-order valence-corrected chi connectivity index (χ0v) is 11.4. The monoisotopic (exact) mass is 238 g/mol. The number of rotatable bonds is 4. The molecule has 0 radical (unpaired) electrons. The highest BCUT2D eigenvalue weighted by Gasteiger charge is 2.36. The molecule has 0 aromatic heterocycles. The molecule has 2 atom stereocenters. The van der Waals surface area contributed by atoms with Crippen LogP contribution in [0, 0.1) is 17.8 Å². The molecule has 0 saturated carbocycles. The van der Waals surface area contributed by atoms with Crippen LogP contribution in [0.4, 0.5) is 0 Å². The lowest BCUT2D eigenvalue weighted by atomic mass is 9.87. The molecule has 2 unspecified atom stereocenters. The molecule has 0 aromatic carbocycles. The summed E-state index contributed by atoms with van der Waals surface area (Å²) in [6.45, 7) is 9.64.